The third kappa shape index (κ3) is 2.57. The molecular weight excluding hydrogens is 278 g/mol. The van der Waals surface area contributed by atoms with Crippen LogP contribution < -0.4 is 15.0 Å². The number of aromatic amines is 1. The number of halogens is 1. The second-order valence-electron chi connectivity index (χ2n) is 4.57. The Labute approximate surface area is 122 Å². The highest BCUT2D eigenvalue weighted by atomic mass is 35.5. The quantitative estimate of drug-likeness (QED) is 0.899. The minimum absolute atomic E-state index is 0.640. The van der Waals surface area contributed by atoms with Gasteiger partial charge in [-0.3, -0.25) is 5.10 Å². The number of anilines is 1. The monoisotopic (exact) mass is 293 g/mol. The molecule has 6 nitrogen and oxygen atoms in total. The Morgan fingerprint density at radius 1 is 1.30 bits per heavy atom. The molecule has 20 heavy (non-hydrogen) atoms. The Morgan fingerprint density at radius 2 is 2.10 bits per heavy atom. The van der Waals surface area contributed by atoms with Crippen molar-refractivity contribution >= 4 is 17.5 Å². The second-order valence-corrected chi connectivity index (χ2v) is 5.00. The Kier molecular flexibility index (Phi) is 3.75. The number of piperazine rings is 1. The van der Waals surface area contributed by atoms with Crippen molar-refractivity contribution in [3.63, 3.8) is 0 Å². The van der Waals surface area contributed by atoms with E-state index >= 15 is 0 Å². The molecule has 1 aromatic carbocycles. The summed E-state index contributed by atoms with van der Waals surface area (Å²) < 4.78 is 5.34. The number of aromatic nitrogens is 3. The molecule has 7 heteroatoms. The van der Waals surface area contributed by atoms with Crippen molar-refractivity contribution in [2.24, 2.45) is 0 Å². The highest BCUT2D eigenvalue weighted by Gasteiger charge is 2.17. The number of nitrogens with zero attached hydrogens (tertiary/aromatic N) is 3. The van der Waals surface area contributed by atoms with Crippen LogP contribution in [0.5, 0.6) is 5.75 Å². The van der Waals surface area contributed by atoms with Crippen LogP contribution in [0.2, 0.25) is 5.02 Å². The first kappa shape index (κ1) is 13.2. The van der Waals surface area contributed by atoms with Crippen molar-refractivity contribution in [1.82, 2.24) is 20.5 Å². The van der Waals surface area contributed by atoms with Gasteiger partial charge in [0.15, 0.2) is 5.82 Å². The van der Waals surface area contributed by atoms with E-state index in [1.54, 1.807) is 13.2 Å². The van der Waals surface area contributed by atoms with Crippen LogP contribution in [0, 0.1) is 0 Å². The van der Waals surface area contributed by atoms with Crippen molar-refractivity contribution in [2.45, 2.75) is 0 Å². The summed E-state index contributed by atoms with van der Waals surface area (Å²) in [6, 6.07) is 5.44. The first-order chi connectivity index (χ1) is 9.78. The largest absolute Gasteiger partial charge is 0.496 e. The molecule has 1 aliphatic rings. The van der Waals surface area contributed by atoms with E-state index in [-0.39, 0.29) is 0 Å². The molecule has 0 saturated carbocycles. The zero-order chi connectivity index (χ0) is 13.9. The summed E-state index contributed by atoms with van der Waals surface area (Å²) >= 11 is 6.04. The third-order valence-electron chi connectivity index (χ3n) is 3.29. The van der Waals surface area contributed by atoms with Gasteiger partial charge >= 0.3 is 0 Å². The van der Waals surface area contributed by atoms with Gasteiger partial charge in [0.2, 0.25) is 5.95 Å². The van der Waals surface area contributed by atoms with E-state index < -0.39 is 0 Å². The summed E-state index contributed by atoms with van der Waals surface area (Å²) in [6.07, 6.45) is 0. The van der Waals surface area contributed by atoms with Crippen LogP contribution >= 0.6 is 11.6 Å². The van der Waals surface area contributed by atoms with Gasteiger partial charge in [-0.1, -0.05) is 11.6 Å². The lowest BCUT2D eigenvalue weighted by molar-refractivity contribution is 0.416. The SMILES string of the molecule is COc1ccc(Cl)cc1-c1nc(N2CCNCC2)n[nH]1. The number of nitrogens with one attached hydrogen (secondary N) is 2. The van der Waals surface area contributed by atoms with Crippen LogP contribution in [-0.2, 0) is 0 Å². The van der Waals surface area contributed by atoms with Gasteiger partial charge in [0.05, 0.1) is 12.7 Å². The first-order valence-corrected chi connectivity index (χ1v) is 6.87. The molecule has 2 aromatic rings. The molecule has 0 atom stereocenters. The highest BCUT2D eigenvalue weighted by Crippen LogP contribution is 2.30. The van der Waals surface area contributed by atoms with Gasteiger partial charge in [-0.05, 0) is 18.2 Å². The minimum atomic E-state index is 0.640. The summed E-state index contributed by atoms with van der Waals surface area (Å²) in [7, 11) is 1.63. The van der Waals surface area contributed by atoms with Gasteiger partial charge in [0, 0.05) is 31.2 Å². The third-order valence-corrected chi connectivity index (χ3v) is 3.53. The number of hydrogen-bond acceptors (Lipinski definition) is 5. The molecule has 0 spiro atoms. The Balaban J connectivity index is 1.91. The van der Waals surface area contributed by atoms with Crippen LogP contribution in [0.3, 0.4) is 0 Å². The van der Waals surface area contributed by atoms with Gasteiger partial charge in [-0.15, -0.1) is 5.10 Å². The maximum Gasteiger partial charge on any atom is 0.245 e. The zero-order valence-electron chi connectivity index (χ0n) is 11.2. The Morgan fingerprint density at radius 3 is 2.85 bits per heavy atom. The van der Waals surface area contributed by atoms with Crippen LogP contribution in [0.1, 0.15) is 0 Å². The fraction of sp³-hybridized carbons (Fsp3) is 0.385. The van der Waals surface area contributed by atoms with E-state index in [0.29, 0.717) is 16.8 Å². The van der Waals surface area contributed by atoms with E-state index in [2.05, 4.69) is 25.4 Å². The summed E-state index contributed by atoms with van der Waals surface area (Å²) in [4.78, 5) is 6.69. The summed E-state index contributed by atoms with van der Waals surface area (Å²) in [5.41, 5.74) is 0.814. The standard InChI is InChI=1S/C13H16ClN5O/c1-20-11-3-2-9(14)8-10(11)12-16-13(18-17-12)19-6-4-15-5-7-19/h2-3,8,15H,4-7H2,1H3,(H,16,17,18). The number of hydrogen-bond donors (Lipinski definition) is 2. The van der Waals surface area contributed by atoms with E-state index in [9.17, 15) is 0 Å². The van der Waals surface area contributed by atoms with Gasteiger partial charge in [0.25, 0.3) is 0 Å². The van der Waals surface area contributed by atoms with Crippen LogP contribution in [-0.4, -0.2) is 48.5 Å². The molecule has 3 rings (SSSR count). The fourth-order valence-corrected chi connectivity index (χ4v) is 2.42. The molecule has 0 bridgehead atoms. The maximum atomic E-state index is 6.04. The number of H-pyrrole nitrogens is 1. The van der Waals surface area contributed by atoms with E-state index in [1.807, 2.05) is 12.1 Å². The predicted molar refractivity (Wildman–Crippen MR) is 78.5 cm³/mol. The Hall–Kier alpha value is -1.79. The van der Waals surface area contributed by atoms with Crippen LogP contribution in [0.4, 0.5) is 5.95 Å². The zero-order valence-corrected chi connectivity index (χ0v) is 11.9. The number of methoxy groups -OCH3 is 1. The topological polar surface area (TPSA) is 66.1 Å². The second kappa shape index (κ2) is 5.68. The molecule has 0 aliphatic carbocycles. The summed E-state index contributed by atoms with van der Waals surface area (Å²) in [5.74, 6) is 2.10. The highest BCUT2D eigenvalue weighted by molar-refractivity contribution is 6.30. The fourth-order valence-electron chi connectivity index (χ4n) is 2.24. The molecule has 1 aliphatic heterocycles. The number of ether oxygens (including phenoxy) is 1. The van der Waals surface area contributed by atoms with E-state index in [0.717, 1.165) is 37.5 Å². The Bertz CT molecular complexity index is 594. The molecule has 1 saturated heterocycles. The summed E-state index contributed by atoms with van der Waals surface area (Å²) in [5, 5.41) is 11.2. The van der Waals surface area contributed by atoms with Crippen molar-refractivity contribution in [2.75, 3.05) is 38.2 Å². The van der Waals surface area contributed by atoms with Gasteiger partial charge in [-0.2, -0.15) is 4.98 Å². The minimum Gasteiger partial charge on any atom is -0.496 e. The summed E-state index contributed by atoms with van der Waals surface area (Å²) in [6.45, 7) is 3.71. The molecule has 2 heterocycles. The molecule has 1 fully saturated rings. The average molecular weight is 294 g/mol. The number of benzene rings is 1. The number of rotatable bonds is 3. The van der Waals surface area contributed by atoms with Crippen molar-refractivity contribution < 1.29 is 4.74 Å². The smallest absolute Gasteiger partial charge is 0.245 e. The van der Waals surface area contributed by atoms with Crippen molar-refractivity contribution in [3.05, 3.63) is 23.2 Å². The predicted octanol–water partition coefficient (Wildman–Crippen LogP) is 1.54. The lowest BCUT2D eigenvalue weighted by atomic mass is 10.2. The molecule has 0 amide bonds. The van der Waals surface area contributed by atoms with E-state index in [4.69, 9.17) is 16.3 Å². The van der Waals surface area contributed by atoms with Crippen molar-refractivity contribution in [3.8, 4) is 17.1 Å². The van der Waals surface area contributed by atoms with Crippen molar-refractivity contribution in [1.29, 1.82) is 0 Å². The molecule has 1 aromatic heterocycles. The molecular formula is C13H16ClN5O. The molecule has 2 N–H and O–H groups in total. The van der Waals surface area contributed by atoms with Crippen LogP contribution in [0.15, 0.2) is 18.2 Å². The molecule has 0 radical (unpaired) electrons. The van der Waals surface area contributed by atoms with Gasteiger partial charge in [-0.25, -0.2) is 0 Å². The molecule has 106 valence electrons. The normalized spacial score (nSPS) is 15.4. The van der Waals surface area contributed by atoms with Crippen LogP contribution in [0.25, 0.3) is 11.4 Å². The lowest BCUT2D eigenvalue weighted by Gasteiger charge is -2.25. The lowest BCUT2D eigenvalue weighted by Crippen LogP contribution is -2.44. The maximum absolute atomic E-state index is 6.04. The van der Waals surface area contributed by atoms with Gasteiger partial charge < -0.3 is 15.0 Å². The molecule has 0 unspecified atom stereocenters. The average Bonchev–Trinajstić information content (AvgIpc) is 2.98. The first-order valence-electron chi connectivity index (χ1n) is 6.50. The van der Waals surface area contributed by atoms with E-state index in [1.165, 1.54) is 0 Å². The van der Waals surface area contributed by atoms with Gasteiger partial charge in [0.1, 0.15) is 5.75 Å².